The molecule has 0 aromatic heterocycles. The van der Waals surface area contributed by atoms with Crippen LogP contribution in [0.4, 0.5) is 13.2 Å². The number of carbonyl (C=O) groups is 1. The number of amides is 1. The molecule has 0 aromatic carbocycles. The van der Waals surface area contributed by atoms with E-state index < -0.39 is 30.1 Å². The third-order valence-electron chi connectivity index (χ3n) is 3.04. The quantitative estimate of drug-likeness (QED) is 0.810. The van der Waals surface area contributed by atoms with Gasteiger partial charge >= 0.3 is 6.18 Å². The molecule has 1 saturated carbocycles. The predicted octanol–water partition coefficient (Wildman–Crippen LogP) is 1.65. The van der Waals surface area contributed by atoms with Gasteiger partial charge in [0, 0.05) is 18.1 Å². The lowest BCUT2D eigenvalue weighted by Crippen LogP contribution is -2.57. The average Bonchev–Trinajstić information content (AvgIpc) is 3.00. The molecule has 1 aliphatic carbocycles. The van der Waals surface area contributed by atoms with Gasteiger partial charge in [0.15, 0.2) is 0 Å². The molecular formula is C10H13F3N2O2. The summed E-state index contributed by atoms with van der Waals surface area (Å²) in [6, 6.07) is 0. The molecule has 1 unspecified atom stereocenters. The van der Waals surface area contributed by atoms with Crippen LogP contribution in [0.15, 0.2) is 5.10 Å². The summed E-state index contributed by atoms with van der Waals surface area (Å²) in [6.07, 6.45) is -4.11. The van der Waals surface area contributed by atoms with Gasteiger partial charge in [0.1, 0.15) is 0 Å². The fourth-order valence-corrected chi connectivity index (χ4v) is 1.77. The van der Waals surface area contributed by atoms with Crippen molar-refractivity contribution in [2.75, 3.05) is 0 Å². The van der Waals surface area contributed by atoms with Crippen molar-refractivity contribution < 1.29 is 23.1 Å². The van der Waals surface area contributed by atoms with Crippen molar-refractivity contribution >= 4 is 11.6 Å². The molecule has 17 heavy (non-hydrogen) atoms. The zero-order chi connectivity index (χ0) is 12.8. The maximum absolute atomic E-state index is 12.8. The lowest BCUT2D eigenvalue weighted by molar-refractivity contribution is -0.302. The zero-order valence-corrected chi connectivity index (χ0v) is 9.29. The van der Waals surface area contributed by atoms with E-state index in [4.69, 9.17) is 0 Å². The van der Waals surface area contributed by atoms with Crippen LogP contribution in [0.3, 0.4) is 0 Å². The Kier molecular flexibility index (Phi) is 2.68. The molecule has 2 aliphatic rings. The van der Waals surface area contributed by atoms with Crippen LogP contribution in [-0.2, 0) is 4.79 Å². The molecule has 0 aromatic rings. The minimum Gasteiger partial charge on any atom is -0.362 e. The summed E-state index contributed by atoms with van der Waals surface area (Å²) < 4.78 is 38.5. The monoisotopic (exact) mass is 250 g/mol. The molecule has 0 radical (unpaired) electrons. The SMILES string of the molecule is CCC1=NN(C(=O)C2CC2)C(O)(C(F)(F)F)C1. The maximum Gasteiger partial charge on any atom is 0.438 e. The van der Waals surface area contributed by atoms with Crippen LogP contribution in [0.2, 0.25) is 0 Å². The van der Waals surface area contributed by atoms with Crippen LogP contribution >= 0.6 is 0 Å². The second-order valence-electron chi connectivity index (χ2n) is 4.44. The van der Waals surface area contributed by atoms with E-state index in [-0.39, 0.29) is 17.1 Å². The molecule has 0 spiro atoms. The summed E-state index contributed by atoms with van der Waals surface area (Å²) in [5.41, 5.74) is -2.96. The van der Waals surface area contributed by atoms with Crippen molar-refractivity contribution in [2.45, 2.75) is 44.5 Å². The lowest BCUT2D eigenvalue weighted by Gasteiger charge is -2.32. The Bertz CT molecular complexity index is 376. The van der Waals surface area contributed by atoms with E-state index in [0.29, 0.717) is 12.8 Å². The van der Waals surface area contributed by atoms with Crippen molar-refractivity contribution in [3.8, 4) is 0 Å². The smallest absolute Gasteiger partial charge is 0.362 e. The van der Waals surface area contributed by atoms with E-state index >= 15 is 0 Å². The molecular weight excluding hydrogens is 237 g/mol. The summed E-state index contributed by atoms with van der Waals surface area (Å²) >= 11 is 0. The second-order valence-corrected chi connectivity index (χ2v) is 4.44. The highest BCUT2D eigenvalue weighted by Gasteiger charge is 2.63. The first kappa shape index (κ1) is 12.3. The molecule has 1 fully saturated rings. The van der Waals surface area contributed by atoms with Crippen molar-refractivity contribution in [1.29, 1.82) is 0 Å². The van der Waals surface area contributed by atoms with Gasteiger partial charge in [0.2, 0.25) is 5.91 Å². The number of halogens is 3. The number of alkyl halides is 3. The van der Waals surface area contributed by atoms with Crippen molar-refractivity contribution in [3.05, 3.63) is 0 Å². The van der Waals surface area contributed by atoms with Gasteiger partial charge in [0.05, 0.1) is 0 Å². The Morgan fingerprint density at radius 1 is 1.59 bits per heavy atom. The molecule has 1 amide bonds. The summed E-state index contributed by atoms with van der Waals surface area (Å²) in [5.74, 6) is -1.14. The van der Waals surface area contributed by atoms with Crippen LogP contribution < -0.4 is 0 Å². The van der Waals surface area contributed by atoms with E-state index in [2.05, 4.69) is 5.10 Å². The fraction of sp³-hybridized carbons (Fsp3) is 0.800. The second kappa shape index (κ2) is 3.69. The van der Waals surface area contributed by atoms with Gasteiger partial charge in [-0.1, -0.05) is 6.92 Å². The minimum absolute atomic E-state index is 0.193. The number of hydrogen-bond acceptors (Lipinski definition) is 3. The van der Waals surface area contributed by atoms with Gasteiger partial charge in [-0.15, -0.1) is 0 Å². The van der Waals surface area contributed by atoms with Crippen molar-refractivity contribution in [3.63, 3.8) is 0 Å². The van der Waals surface area contributed by atoms with Gasteiger partial charge in [0.25, 0.3) is 5.72 Å². The predicted molar refractivity (Wildman–Crippen MR) is 52.9 cm³/mol. The van der Waals surface area contributed by atoms with Crippen LogP contribution in [0.1, 0.15) is 32.6 Å². The number of nitrogens with zero attached hydrogens (tertiary/aromatic N) is 2. The van der Waals surface area contributed by atoms with Gasteiger partial charge < -0.3 is 5.11 Å². The largest absolute Gasteiger partial charge is 0.438 e. The van der Waals surface area contributed by atoms with Crippen LogP contribution in [0.5, 0.6) is 0 Å². The molecule has 0 bridgehead atoms. The number of rotatable bonds is 2. The third-order valence-corrected chi connectivity index (χ3v) is 3.04. The molecule has 2 rings (SSSR count). The van der Waals surface area contributed by atoms with Crippen LogP contribution in [0.25, 0.3) is 0 Å². The third kappa shape index (κ3) is 1.92. The Morgan fingerprint density at radius 2 is 2.18 bits per heavy atom. The summed E-state index contributed by atoms with van der Waals surface area (Å²) in [5, 5.41) is 13.6. The molecule has 1 N–H and O–H groups in total. The van der Waals surface area contributed by atoms with E-state index in [0.717, 1.165) is 0 Å². The highest BCUT2D eigenvalue weighted by atomic mass is 19.4. The minimum atomic E-state index is -4.89. The molecule has 4 nitrogen and oxygen atoms in total. The summed E-state index contributed by atoms with van der Waals surface area (Å²) in [6.45, 7) is 1.64. The van der Waals surface area contributed by atoms with E-state index in [1.165, 1.54) is 0 Å². The van der Waals surface area contributed by atoms with E-state index in [1.807, 2.05) is 0 Å². The van der Waals surface area contributed by atoms with Gasteiger partial charge in [-0.2, -0.15) is 23.3 Å². The molecule has 1 atom stereocenters. The summed E-state index contributed by atoms with van der Waals surface area (Å²) in [4.78, 5) is 11.7. The highest BCUT2D eigenvalue weighted by molar-refractivity contribution is 5.91. The standard InChI is InChI=1S/C10H13F3N2O2/c1-2-7-5-9(17,10(11,12)13)15(14-7)8(16)6-3-4-6/h6,17H,2-5H2,1H3. The summed E-state index contributed by atoms with van der Waals surface area (Å²) in [7, 11) is 0. The Balaban J connectivity index is 2.30. The number of hydrogen-bond donors (Lipinski definition) is 1. The number of hydrazone groups is 1. The van der Waals surface area contributed by atoms with E-state index in [1.54, 1.807) is 6.92 Å². The molecule has 1 aliphatic heterocycles. The molecule has 96 valence electrons. The maximum atomic E-state index is 12.8. The van der Waals surface area contributed by atoms with Crippen molar-refractivity contribution in [2.24, 2.45) is 11.0 Å². The van der Waals surface area contributed by atoms with Crippen LogP contribution in [-0.4, -0.2) is 33.6 Å². The van der Waals surface area contributed by atoms with E-state index in [9.17, 15) is 23.1 Å². The topological polar surface area (TPSA) is 52.9 Å². The Labute approximate surface area is 96.1 Å². The normalized spacial score (nSPS) is 29.5. The number of carbonyl (C=O) groups excluding carboxylic acids is 1. The molecule has 7 heteroatoms. The molecule has 1 heterocycles. The van der Waals surface area contributed by atoms with Crippen LogP contribution in [0, 0.1) is 5.92 Å². The Hall–Kier alpha value is -1.11. The first-order valence-corrected chi connectivity index (χ1v) is 5.49. The Morgan fingerprint density at radius 3 is 2.59 bits per heavy atom. The average molecular weight is 250 g/mol. The first-order chi connectivity index (χ1) is 7.79. The highest BCUT2D eigenvalue weighted by Crippen LogP contribution is 2.43. The van der Waals surface area contributed by atoms with Crippen molar-refractivity contribution in [1.82, 2.24) is 5.01 Å². The van der Waals surface area contributed by atoms with Gasteiger partial charge in [-0.25, -0.2) is 0 Å². The fourth-order valence-electron chi connectivity index (χ4n) is 1.77. The lowest BCUT2D eigenvalue weighted by atomic mass is 10.0. The zero-order valence-electron chi connectivity index (χ0n) is 9.29. The number of aliphatic hydroxyl groups is 1. The first-order valence-electron chi connectivity index (χ1n) is 5.49. The van der Waals surface area contributed by atoms with Gasteiger partial charge in [-0.05, 0) is 19.3 Å². The molecule has 0 saturated heterocycles. The van der Waals surface area contributed by atoms with Gasteiger partial charge in [-0.3, -0.25) is 4.79 Å².